The van der Waals surface area contributed by atoms with Gasteiger partial charge in [-0.05, 0) is 24.6 Å². The third kappa shape index (κ3) is 5.58. The molecule has 2 aromatic heterocycles. The van der Waals surface area contributed by atoms with Crippen LogP contribution in [0.4, 0.5) is 0 Å². The lowest BCUT2D eigenvalue weighted by Gasteiger charge is -2.12. The number of aliphatic imine (C=N–C) groups is 1. The normalized spacial score (nSPS) is 11.1. The van der Waals surface area contributed by atoms with Gasteiger partial charge in [-0.3, -0.25) is 0 Å². The Bertz CT molecular complexity index is 814. The molecule has 0 unspecified atom stereocenters. The second kappa shape index (κ2) is 9.95. The van der Waals surface area contributed by atoms with Crippen molar-refractivity contribution in [2.24, 2.45) is 12.0 Å². The first-order valence-corrected chi connectivity index (χ1v) is 8.16. The van der Waals surface area contributed by atoms with Crippen LogP contribution in [0.5, 0.6) is 0 Å². The van der Waals surface area contributed by atoms with Crippen LogP contribution in [-0.2, 0) is 26.7 Å². The van der Waals surface area contributed by atoms with Gasteiger partial charge in [0.05, 0.1) is 25.9 Å². The Morgan fingerprint density at radius 3 is 2.50 bits per heavy atom. The molecule has 2 heterocycles. The zero-order chi connectivity index (χ0) is 17.5. The fourth-order valence-electron chi connectivity index (χ4n) is 2.28. The first kappa shape index (κ1) is 20.0. The van der Waals surface area contributed by atoms with Gasteiger partial charge in [-0.2, -0.15) is 0 Å². The third-order valence-corrected chi connectivity index (χ3v) is 3.87. The molecule has 0 saturated heterocycles. The summed E-state index contributed by atoms with van der Waals surface area (Å²) in [6, 6.07) is 13.9. The molecule has 1 aromatic carbocycles. The summed E-state index contributed by atoms with van der Waals surface area (Å²) in [5.74, 6) is 3.28. The highest BCUT2D eigenvalue weighted by Gasteiger charge is 2.07. The van der Waals surface area contributed by atoms with Gasteiger partial charge in [0.2, 0.25) is 0 Å². The van der Waals surface area contributed by atoms with E-state index in [2.05, 4.69) is 38.0 Å². The van der Waals surface area contributed by atoms with E-state index in [0.717, 1.165) is 23.0 Å². The average molecular weight is 466 g/mol. The minimum atomic E-state index is 0. The standard InChI is InChI=1S/C18H22N6O.HI/c1-14-22-23-17(24(14)2)13-21-18(20-12-16-9-6-10-25-16)19-11-15-7-4-3-5-8-15;/h3-10H,11-13H2,1-2H3,(H2,19,20,21);1H. The summed E-state index contributed by atoms with van der Waals surface area (Å²) in [6.07, 6.45) is 1.66. The summed E-state index contributed by atoms with van der Waals surface area (Å²) in [7, 11) is 1.95. The van der Waals surface area contributed by atoms with E-state index in [9.17, 15) is 0 Å². The molecule has 0 saturated carbocycles. The topological polar surface area (TPSA) is 80.3 Å². The minimum absolute atomic E-state index is 0. The molecule has 2 N–H and O–H groups in total. The molecule has 138 valence electrons. The van der Waals surface area contributed by atoms with Crippen LogP contribution in [0.2, 0.25) is 0 Å². The lowest BCUT2D eigenvalue weighted by Crippen LogP contribution is -2.37. The Labute approximate surface area is 169 Å². The second-order valence-electron chi connectivity index (χ2n) is 5.66. The van der Waals surface area contributed by atoms with Crippen molar-refractivity contribution in [2.45, 2.75) is 26.6 Å². The molecule has 0 aliphatic heterocycles. The van der Waals surface area contributed by atoms with E-state index >= 15 is 0 Å². The molecule has 0 amide bonds. The number of aromatic nitrogens is 3. The number of nitrogens with zero attached hydrogens (tertiary/aromatic N) is 4. The van der Waals surface area contributed by atoms with Crippen molar-refractivity contribution >= 4 is 29.9 Å². The van der Waals surface area contributed by atoms with Crippen molar-refractivity contribution in [2.75, 3.05) is 0 Å². The Morgan fingerprint density at radius 2 is 1.85 bits per heavy atom. The number of benzene rings is 1. The van der Waals surface area contributed by atoms with E-state index in [1.54, 1.807) is 6.26 Å². The van der Waals surface area contributed by atoms with Gasteiger partial charge in [0.15, 0.2) is 11.8 Å². The number of furan rings is 1. The van der Waals surface area contributed by atoms with Crippen LogP contribution in [0, 0.1) is 6.92 Å². The fraction of sp³-hybridized carbons (Fsp3) is 0.278. The van der Waals surface area contributed by atoms with Gasteiger partial charge >= 0.3 is 0 Å². The summed E-state index contributed by atoms with van der Waals surface area (Å²) >= 11 is 0. The van der Waals surface area contributed by atoms with Gasteiger partial charge in [0, 0.05) is 7.05 Å². The van der Waals surface area contributed by atoms with Gasteiger partial charge in [-0.25, -0.2) is 4.99 Å². The lowest BCUT2D eigenvalue weighted by atomic mass is 10.2. The van der Waals surface area contributed by atoms with Crippen LogP contribution in [0.25, 0.3) is 0 Å². The number of halogens is 1. The highest BCUT2D eigenvalue weighted by molar-refractivity contribution is 14.0. The Hall–Kier alpha value is -2.36. The van der Waals surface area contributed by atoms with Crippen LogP contribution < -0.4 is 10.6 Å². The minimum Gasteiger partial charge on any atom is -0.467 e. The van der Waals surface area contributed by atoms with Gasteiger partial charge in [-0.1, -0.05) is 30.3 Å². The Morgan fingerprint density at radius 1 is 1.08 bits per heavy atom. The van der Waals surface area contributed by atoms with Crippen LogP contribution in [0.15, 0.2) is 58.1 Å². The van der Waals surface area contributed by atoms with Crippen LogP contribution in [0.3, 0.4) is 0 Å². The molecule has 0 radical (unpaired) electrons. The first-order valence-electron chi connectivity index (χ1n) is 8.16. The van der Waals surface area contributed by atoms with Gasteiger partial charge < -0.3 is 19.6 Å². The van der Waals surface area contributed by atoms with Crippen LogP contribution >= 0.6 is 24.0 Å². The van der Waals surface area contributed by atoms with Crippen molar-refractivity contribution in [3.63, 3.8) is 0 Å². The molecule has 8 heteroatoms. The predicted octanol–water partition coefficient (Wildman–Crippen LogP) is 2.77. The van der Waals surface area contributed by atoms with E-state index in [-0.39, 0.29) is 24.0 Å². The summed E-state index contributed by atoms with van der Waals surface area (Å²) in [4.78, 5) is 4.64. The maximum absolute atomic E-state index is 5.36. The zero-order valence-corrected chi connectivity index (χ0v) is 17.2. The van der Waals surface area contributed by atoms with Gasteiger partial charge in [0.25, 0.3) is 0 Å². The Kier molecular flexibility index (Phi) is 7.64. The number of rotatable bonds is 6. The van der Waals surface area contributed by atoms with Crippen LogP contribution in [-0.4, -0.2) is 20.7 Å². The quantitative estimate of drug-likeness (QED) is 0.332. The van der Waals surface area contributed by atoms with Crippen molar-refractivity contribution in [1.29, 1.82) is 0 Å². The maximum Gasteiger partial charge on any atom is 0.192 e. The summed E-state index contributed by atoms with van der Waals surface area (Å²) in [5.41, 5.74) is 1.15. The van der Waals surface area contributed by atoms with Gasteiger partial charge in [0.1, 0.15) is 11.6 Å². The number of hydrogen-bond acceptors (Lipinski definition) is 4. The summed E-state index contributed by atoms with van der Waals surface area (Å²) in [6.45, 7) is 3.61. The molecule has 3 rings (SSSR count). The van der Waals surface area contributed by atoms with Crippen molar-refractivity contribution in [1.82, 2.24) is 25.4 Å². The zero-order valence-electron chi connectivity index (χ0n) is 14.8. The molecule has 0 aliphatic rings. The van der Waals surface area contributed by atoms with E-state index in [4.69, 9.17) is 4.42 Å². The summed E-state index contributed by atoms with van der Waals surface area (Å²) in [5, 5.41) is 14.8. The average Bonchev–Trinajstić information content (AvgIpc) is 3.27. The Balaban J connectivity index is 0.00000243. The number of hydrogen-bond donors (Lipinski definition) is 2. The molecule has 3 aromatic rings. The van der Waals surface area contributed by atoms with E-state index in [1.807, 2.05) is 48.9 Å². The SMILES string of the molecule is Cc1nnc(CNC(=NCc2ccccc2)NCc2ccco2)n1C.I. The van der Waals surface area contributed by atoms with Crippen molar-refractivity contribution in [3.05, 3.63) is 71.7 Å². The van der Waals surface area contributed by atoms with E-state index in [1.165, 1.54) is 0 Å². The third-order valence-electron chi connectivity index (χ3n) is 3.87. The molecule has 0 fully saturated rings. The molecule has 0 atom stereocenters. The van der Waals surface area contributed by atoms with Crippen molar-refractivity contribution in [3.8, 4) is 0 Å². The molecule has 0 bridgehead atoms. The highest BCUT2D eigenvalue weighted by atomic mass is 127. The molecular formula is C18H23IN6O. The first-order chi connectivity index (χ1) is 12.2. The largest absolute Gasteiger partial charge is 0.467 e. The molecule has 7 nitrogen and oxygen atoms in total. The van der Waals surface area contributed by atoms with Crippen LogP contribution in [0.1, 0.15) is 23.0 Å². The lowest BCUT2D eigenvalue weighted by molar-refractivity contribution is 0.501. The highest BCUT2D eigenvalue weighted by Crippen LogP contribution is 2.02. The number of aryl methyl sites for hydroxylation is 1. The fourth-order valence-corrected chi connectivity index (χ4v) is 2.28. The number of guanidine groups is 1. The van der Waals surface area contributed by atoms with Gasteiger partial charge in [-0.15, -0.1) is 34.2 Å². The summed E-state index contributed by atoms with van der Waals surface area (Å²) < 4.78 is 7.31. The number of nitrogens with one attached hydrogen (secondary N) is 2. The monoisotopic (exact) mass is 466 g/mol. The molecule has 0 aliphatic carbocycles. The molecule has 26 heavy (non-hydrogen) atoms. The van der Waals surface area contributed by atoms with Crippen molar-refractivity contribution < 1.29 is 4.42 Å². The predicted molar refractivity (Wildman–Crippen MR) is 111 cm³/mol. The smallest absolute Gasteiger partial charge is 0.192 e. The maximum atomic E-state index is 5.36. The molecular weight excluding hydrogens is 443 g/mol. The van der Waals surface area contributed by atoms with E-state index in [0.29, 0.717) is 25.6 Å². The van der Waals surface area contributed by atoms with E-state index < -0.39 is 0 Å². The molecule has 0 spiro atoms. The second-order valence-corrected chi connectivity index (χ2v) is 5.66.